The number of carbonyl (C=O) groups excluding carboxylic acids is 1. The molecule has 3 fully saturated rings. The molecule has 220 valence electrons. The molecule has 0 aromatic rings. The summed E-state index contributed by atoms with van der Waals surface area (Å²) < 4.78 is 6.11. The van der Waals surface area contributed by atoms with Crippen molar-refractivity contribution >= 4 is 5.97 Å². The van der Waals surface area contributed by atoms with E-state index in [1.54, 1.807) is 0 Å². The first-order valence-corrected chi connectivity index (χ1v) is 17.1. The minimum Gasteiger partial charge on any atom is -0.462 e. The summed E-state index contributed by atoms with van der Waals surface area (Å²) in [6.45, 7) is 14.7. The van der Waals surface area contributed by atoms with Crippen molar-refractivity contribution in [3.05, 3.63) is 12.2 Å². The Morgan fingerprint density at radius 1 is 0.842 bits per heavy atom. The number of allylic oxidation sites excluding steroid dienone is 1. The molecule has 0 aromatic carbocycles. The molecule has 3 heteroatoms. The van der Waals surface area contributed by atoms with E-state index in [2.05, 4.69) is 32.3 Å². The van der Waals surface area contributed by atoms with Crippen molar-refractivity contribution < 1.29 is 9.53 Å². The zero-order chi connectivity index (χ0) is 27.2. The molecule has 0 amide bonds. The Balaban J connectivity index is 1.49. The monoisotopic (exact) mass is 529 g/mol. The SMILES string of the molecule is C=C1CCC[C@]2(C)C[C@H]3OC(=O)[C@H](CN(CCCCCCCCCC)CCCCCCCCCC)[C@H]3C[C@@H]12. The lowest BCUT2D eigenvalue weighted by atomic mass is 9.55. The number of unbranched alkanes of at least 4 members (excludes halogenated alkanes) is 14. The summed E-state index contributed by atoms with van der Waals surface area (Å²) >= 11 is 0. The first kappa shape index (κ1) is 31.7. The van der Waals surface area contributed by atoms with Gasteiger partial charge in [0.1, 0.15) is 6.10 Å². The van der Waals surface area contributed by atoms with Crippen LogP contribution in [0.2, 0.25) is 0 Å². The number of hydrogen-bond donors (Lipinski definition) is 0. The summed E-state index contributed by atoms with van der Waals surface area (Å²) in [5, 5.41) is 0. The molecule has 0 aromatic heterocycles. The maximum absolute atomic E-state index is 13.2. The first-order valence-electron chi connectivity index (χ1n) is 17.1. The lowest BCUT2D eigenvalue weighted by Gasteiger charge is -2.50. The van der Waals surface area contributed by atoms with Crippen molar-refractivity contribution in [2.45, 2.75) is 162 Å². The van der Waals surface area contributed by atoms with Crippen molar-refractivity contribution in [1.82, 2.24) is 4.90 Å². The molecule has 1 heterocycles. The number of carbonyl (C=O) groups is 1. The van der Waals surface area contributed by atoms with Crippen LogP contribution in [0.25, 0.3) is 0 Å². The molecular weight excluding hydrogens is 466 g/mol. The van der Waals surface area contributed by atoms with Gasteiger partial charge in [0, 0.05) is 12.5 Å². The Bertz CT molecular complexity index is 669. The molecule has 3 aliphatic rings. The van der Waals surface area contributed by atoms with Gasteiger partial charge < -0.3 is 9.64 Å². The average molecular weight is 530 g/mol. The van der Waals surface area contributed by atoms with Gasteiger partial charge in [-0.1, -0.05) is 123 Å². The Kier molecular flexibility index (Phi) is 14.3. The maximum Gasteiger partial charge on any atom is 0.310 e. The van der Waals surface area contributed by atoms with E-state index < -0.39 is 0 Å². The van der Waals surface area contributed by atoms with Gasteiger partial charge in [0.25, 0.3) is 0 Å². The van der Waals surface area contributed by atoms with Gasteiger partial charge in [0.05, 0.1) is 5.92 Å². The van der Waals surface area contributed by atoms with E-state index in [-0.39, 0.29) is 18.0 Å². The lowest BCUT2D eigenvalue weighted by molar-refractivity contribution is -0.146. The molecular formula is C35H63NO2. The van der Waals surface area contributed by atoms with Gasteiger partial charge in [-0.05, 0) is 69.4 Å². The zero-order valence-corrected chi connectivity index (χ0v) is 25.8. The standard InChI is InChI=1S/C35H63NO2/c1-5-7-9-11-13-15-17-19-24-36(25-20-18-16-14-12-10-8-6-2)28-31-30-26-32-29(3)22-21-23-35(32,4)27-33(30)38-34(31)37/h30-33H,3,5-28H2,1-2,4H3/t30-,31-,32+,33-,35-/m1/s1. The quantitative estimate of drug-likeness (QED) is 0.0892. The van der Waals surface area contributed by atoms with Crippen LogP contribution in [0.3, 0.4) is 0 Å². The van der Waals surface area contributed by atoms with Crippen molar-refractivity contribution in [3.63, 3.8) is 0 Å². The smallest absolute Gasteiger partial charge is 0.310 e. The van der Waals surface area contributed by atoms with Crippen molar-refractivity contribution in [1.29, 1.82) is 0 Å². The Morgan fingerprint density at radius 2 is 1.37 bits per heavy atom. The molecule has 0 N–H and O–H groups in total. The van der Waals surface area contributed by atoms with Crippen LogP contribution in [0.5, 0.6) is 0 Å². The molecule has 1 aliphatic heterocycles. The minimum absolute atomic E-state index is 0.0716. The molecule has 5 atom stereocenters. The third-order valence-corrected chi connectivity index (χ3v) is 10.4. The van der Waals surface area contributed by atoms with Crippen molar-refractivity contribution in [2.75, 3.05) is 19.6 Å². The summed E-state index contributed by atoms with van der Waals surface area (Å²) in [7, 11) is 0. The maximum atomic E-state index is 13.2. The topological polar surface area (TPSA) is 29.5 Å². The molecule has 38 heavy (non-hydrogen) atoms. The van der Waals surface area contributed by atoms with Crippen LogP contribution < -0.4 is 0 Å². The normalized spacial score (nSPS) is 28.9. The van der Waals surface area contributed by atoms with Gasteiger partial charge in [-0.3, -0.25) is 4.79 Å². The fourth-order valence-electron chi connectivity index (χ4n) is 7.98. The van der Waals surface area contributed by atoms with Crippen LogP contribution in [-0.2, 0) is 9.53 Å². The number of rotatable bonds is 20. The first-order chi connectivity index (χ1) is 18.5. The van der Waals surface area contributed by atoms with Crippen LogP contribution in [-0.4, -0.2) is 36.6 Å². The molecule has 2 saturated carbocycles. The highest BCUT2D eigenvalue weighted by Crippen LogP contribution is 2.56. The summed E-state index contributed by atoms with van der Waals surface area (Å²) in [6, 6.07) is 0. The van der Waals surface area contributed by atoms with E-state index in [0.717, 1.165) is 32.5 Å². The van der Waals surface area contributed by atoms with E-state index in [1.165, 1.54) is 128 Å². The summed E-state index contributed by atoms with van der Waals surface area (Å²) in [6.07, 6.45) is 27.8. The van der Waals surface area contributed by atoms with Gasteiger partial charge in [0.2, 0.25) is 0 Å². The highest BCUT2D eigenvalue weighted by atomic mass is 16.6. The van der Waals surface area contributed by atoms with E-state index in [0.29, 0.717) is 17.3 Å². The molecule has 3 nitrogen and oxygen atoms in total. The third-order valence-electron chi connectivity index (χ3n) is 10.4. The molecule has 0 radical (unpaired) electrons. The highest BCUT2D eigenvalue weighted by molar-refractivity contribution is 5.75. The third kappa shape index (κ3) is 9.67. The minimum atomic E-state index is 0.0716. The van der Waals surface area contributed by atoms with Crippen LogP contribution in [0.15, 0.2) is 12.2 Å². The zero-order valence-electron chi connectivity index (χ0n) is 25.8. The van der Waals surface area contributed by atoms with Gasteiger partial charge in [-0.25, -0.2) is 0 Å². The average Bonchev–Trinajstić information content (AvgIpc) is 3.18. The predicted octanol–water partition coefficient (Wildman–Crippen LogP) is 9.88. The fraction of sp³-hybridized carbons (Fsp3) is 0.914. The second-order valence-corrected chi connectivity index (χ2v) is 13.7. The molecule has 0 unspecified atom stereocenters. The Hall–Kier alpha value is -0.830. The Labute approximate surface area is 236 Å². The van der Waals surface area contributed by atoms with E-state index >= 15 is 0 Å². The van der Waals surface area contributed by atoms with Gasteiger partial charge >= 0.3 is 5.97 Å². The fourth-order valence-corrected chi connectivity index (χ4v) is 7.98. The van der Waals surface area contributed by atoms with Gasteiger partial charge in [-0.15, -0.1) is 0 Å². The molecule has 0 bridgehead atoms. The van der Waals surface area contributed by atoms with Crippen molar-refractivity contribution in [2.24, 2.45) is 23.2 Å². The summed E-state index contributed by atoms with van der Waals surface area (Å²) in [5.74, 6) is 1.16. The predicted molar refractivity (Wildman–Crippen MR) is 162 cm³/mol. The highest BCUT2D eigenvalue weighted by Gasteiger charge is 2.55. The van der Waals surface area contributed by atoms with Gasteiger partial charge in [-0.2, -0.15) is 0 Å². The molecule has 1 saturated heterocycles. The number of esters is 1. The van der Waals surface area contributed by atoms with Crippen LogP contribution in [0.4, 0.5) is 0 Å². The number of nitrogens with zero attached hydrogens (tertiary/aromatic N) is 1. The van der Waals surface area contributed by atoms with Crippen LogP contribution >= 0.6 is 0 Å². The van der Waals surface area contributed by atoms with Gasteiger partial charge in [0.15, 0.2) is 0 Å². The van der Waals surface area contributed by atoms with E-state index in [1.807, 2.05) is 0 Å². The number of hydrogen-bond acceptors (Lipinski definition) is 3. The molecule has 3 rings (SSSR count). The number of fused-ring (bicyclic) bond motifs is 2. The second-order valence-electron chi connectivity index (χ2n) is 13.7. The second kappa shape index (κ2) is 17.1. The van der Waals surface area contributed by atoms with E-state index in [9.17, 15) is 4.79 Å². The van der Waals surface area contributed by atoms with Crippen LogP contribution in [0.1, 0.15) is 156 Å². The lowest BCUT2D eigenvalue weighted by Crippen LogP contribution is -2.45. The van der Waals surface area contributed by atoms with E-state index in [4.69, 9.17) is 4.74 Å². The van der Waals surface area contributed by atoms with Crippen molar-refractivity contribution in [3.8, 4) is 0 Å². The molecule has 0 spiro atoms. The number of ether oxygens (including phenoxy) is 1. The largest absolute Gasteiger partial charge is 0.462 e. The summed E-state index contributed by atoms with van der Waals surface area (Å²) in [5.41, 5.74) is 1.74. The molecule has 2 aliphatic carbocycles. The van der Waals surface area contributed by atoms with Crippen LogP contribution in [0, 0.1) is 23.2 Å². The summed E-state index contributed by atoms with van der Waals surface area (Å²) in [4.78, 5) is 15.9. The Morgan fingerprint density at radius 3 is 1.92 bits per heavy atom.